The number of pyridine rings is 1. The third-order valence-electron chi connectivity index (χ3n) is 2.63. The minimum atomic E-state index is -0.509. The maximum absolute atomic E-state index is 9.44. The van der Waals surface area contributed by atoms with E-state index in [-0.39, 0.29) is 0 Å². The molecule has 0 spiro atoms. The van der Waals surface area contributed by atoms with Crippen LogP contribution < -0.4 is 0 Å². The SMILES string of the molecule is CC(O)c1ccc(Sc2ncnc3nc[nH]c23)nc1. The Morgan fingerprint density at radius 3 is 2.84 bits per heavy atom. The van der Waals surface area contributed by atoms with Gasteiger partial charge >= 0.3 is 0 Å². The van der Waals surface area contributed by atoms with Crippen LogP contribution in [0.3, 0.4) is 0 Å². The van der Waals surface area contributed by atoms with Crippen molar-refractivity contribution in [3.63, 3.8) is 0 Å². The zero-order valence-electron chi connectivity index (χ0n) is 10.1. The van der Waals surface area contributed by atoms with Gasteiger partial charge in [-0.25, -0.2) is 19.9 Å². The molecular formula is C12H11N5OS. The predicted octanol–water partition coefficient (Wildman–Crippen LogP) is 1.95. The van der Waals surface area contributed by atoms with Crippen molar-refractivity contribution >= 4 is 22.9 Å². The van der Waals surface area contributed by atoms with Gasteiger partial charge in [0.1, 0.15) is 21.9 Å². The Bertz CT molecular complexity index is 695. The van der Waals surface area contributed by atoms with Crippen LogP contribution in [-0.2, 0) is 0 Å². The number of fused-ring (bicyclic) bond motifs is 1. The first-order chi connectivity index (χ1) is 9.24. The zero-order chi connectivity index (χ0) is 13.2. The second kappa shape index (κ2) is 4.94. The van der Waals surface area contributed by atoms with Crippen LogP contribution in [0.2, 0.25) is 0 Å². The Balaban J connectivity index is 1.90. The molecule has 0 saturated carbocycles. The Labute approximate surface area is 113 Å². The normalized spacial score (nSPS) is 12.7. The summed E-state index contributed by atoms with van der Waals surface area (Å²) in [5, 5.41) is 11.0. The summed E-state index contributed by atoms with van der Waals surface area (Å²) < 4.78 is 0. The lowest BCUT2D eigenvalue weighted by Gasteiger charge is -2.05. The third kappa shape index (κ3) is 2.42. The molecule has 0 fully saturated rings. The van der Waals surface area contributed by atoms with E-state index in [0.29, 0.717) is 5.65 Å². The summed E-state index contributed by atoms with van der Waals surface area (Å²) >= 11 is 1.43. The highest BCUT2D eigenvalue weighted by Gasteiger charge is 2.09. The van der Waals surface area contributed by atoms with Gasteiger partial charge in [-0.15, -0.1) is 0 Å². The topological polar surface area (TPSA) is 87.6 Å². The number of nitrogens with zero attached hydrogens (tertiary/aromatic N) is 4. The molecule has 3 aromatic heterocycles. The summed E-state index contributed by atoms with van der Waals surface area (Å²) in [4.78, 5) is 19.7. The van der Waals surface area contributed by atoms with Gasteiger partial charge < -0.3 is 10.1 Å². The average Bonchev–Trinajstić information content (AvgIpc) is 2.89. The number of nitrogens with one attached hydrogen (secondary N) is 1. The molecule has 3 rings (SSSR count). The maximum Gasteiger partial charge on any atom is 0.181 e. The lowest BCUT2D eigenvalue weighted by molar-refractivity contribution is 0.198. The minimum Gasteiger partial charge on any atom is -0.389 e. The van der Waals surface area contributed by atoms with Crippen molar-refractivity contribution in [2.24, 2.45) is 0 Å². The van der Waals surface area contributed by atoms with Gasteiger partial charge in [-0.3, -0.25) is 0 Å². The standard InChI is InChI=1S/C12H11N5OS/c1-7(18)8-2-3-9(13-4-8)19-12-10-11(15-5-14-10)16-6-17-12/h2-7,18H,1H3,(H,14,15,16,17). The molecule has 96 valence electrons. The number of aromatic nitrogens is 5. The van der Waals surface area contributed by atoms with Crippen molar-refractivity contribution in [1.82, 2.24) is 24.9 Å². The van der Waals surface area contributed by atoms with Crippen molar-refractivity contribution in [3.8, 4) is 0 Å². The van der Waals surface area contributed by atoms with Crippen LogP contribution >= 0.6 is 11.8 Å². The van der Waals surface area contributed by atoms with Gasteiger partial charge in [-0.1, -0.05) is 6.07 Å². The molecule has 0 saturated heterocycles. The van der Waals surface area contributed by atoms with Gasteiger partial charge in [0.2, 0.25) is 0 Å². The molecule has 0 amide bonds. The number of rotatable bonds is 3. The first-order valence-electron chi connectivity index (χ1n) is 5.70. The maximum atomic E-state index is 9.44. The van der Waals surface area contributed by atoms with Crippen LogP contribution in [0.15, 0.2) is 41.0 Å². The van der Waals surface area contributed by atoms with Crippen molar-refractivity contribution in [3.05, 3.63) is 36.5 Å². The molecule has 1 atom stereocenters. The fourth-order valence-corrected chi connectivity index (χ4v) is 2.41. The molecule has 0 radical (unpaired) electrons. The van der Waals surface area contributed by atoms with Gasteiger partial charge in [0.05, 0.1) is 12.4 Å². The van der Waals surface area contributed by atoms with Crippen LogP contribution in [-0.4, -0.2) is 30.0 Å². The fourth-order valence-electron chi connectivity index (χ4n) is 1.62. The Kier molecular flexibility index (Phi) is 3.14. The van der Waals surface area contributed by atoms with E-state index in [1.807, 2.05) is 12.1 Å². The van der Waals surface area contributed by atoms with Gasteiger partial charge in [-0.2, -0.15) is 0 Å². The molecule has 0 aromatic carbocycles. The smallest absolute Gasteiger partial charge is 0.181 e. The van der Waals surface area contributed by atoms with E-state index >= 15 is 0 Å². The van der Waals surface area contributed by atoms with Gasteiger partial charge in [0.25, 0.3) is 0 Å². The minimum absolute atomic E-state index is 0.509. The van der Waals surface area contributed by atoms with Gasteiger partial charge in [-0.05, 0) is 30.3 Å². The van der Waals surface area contributed by atoms with Crippen molar-refractivity contribution < 1.29 is 5.11 Å². The molecule has 7 heteroatoms. The highest BCUT2D eigenvalue weighted by Crippen LogP contribution is 2.28. The number of H-pyrrole nitrogens is 1. The summed E-state index contributed by atoms with van der Waals surface area (Å²) in [5.74, 6) is 0. The van der Waals surface area contributed by atoms with Gasteiger partial charge in [0.15, 0.2) is 5.65 Å². The lowest BCUT2D eigenvalue weighted by atomic mass is 10.2. The summed E-state index contributed by atoms with van der Waals surface area (Å²) in [6, 6.07) is 3.71. The molecule has 2 N–H and O–H groups in total. The fraction of sp³-hybridized carbons (Fsp3) is 0.167. The number of aromatic amines is 1. The first kappa shape index (κ1) is 12.1. The second-order valence-electron chi connectivity index (χ2n) is 3.99. The number of imidazole rings is 1. The largest absolute Gasteiger partial charge is 0.389 e. The summed E-state index contributed by atoms with van der Waals surface area (Å²) in [5.41, 5.74) is 2.23. The number of hydrogen-bond acceptors (Lipinski definition) is 6. The quantitative estimate of drug-likeness (QED) is 0.709. The molecule has 0 aliphatic rings. The van der Waals surface area contributed by atoms with E-state index in [4.69, 9.17) is 0 Å². The summed E-state index contributed by atoms with van der Waals surface area (Å²) in [7, 11) is 0. The van der Waals surface area contributed by atoms with Crippen molar-refractivity contribution in [2.75, 3.05) is 0 Å². The monoisotopic (exact) mass is 273 g/mol. The Hall–Kier alpha value is -1.99. The summed E-state index contributed by atoms with van der Waals surface area (Å²) in [6.07, 6.45) is 4.23. The Morgan fingerprint density at radius 2 is 2.11 bits per heavy atom. The highest BCUT2D eigenvalue weighted by molar-refractivity contribution is 7.99. The molecule has 0 aliphatic carbocycles. The lowest BCUT2D eigenvalue weighted by Crippen LogP contribution is -1.92. The molecular weight excluding hydrogens is 262 g/mol. The highest BCUT2D eigenvalue weighted by atomic mass is 32.2. The average molecular weight is 273 g/mol. The molecule has 0 aliphatic heterocycles. The molecule has 0 bridgehead atoms. The predicted molar refractivity (Wildman–Crippen MR) is 70.7 cm³/mol. The second-order valence-corrected chi connectivity index (χ2v) is 5.00. The number of aliphatic hydroxyl groups is 1. The van der Waals surface area contributed by atoms with E-state index in [1.54, 1.807) is 19.4 Å². The molecule has 1 unspecified atom stereocenters. The third-order valence-corrected chi connectivity index (χ3v) is 3.58. The van der Waals surface area contributed by atoms with Gasteiger partial charge in [0, 0.05) is 6.20 Å². The van der Waals surface area contributed by atoms with E-state index in [0.717, 1.165) is 21.1 Å². The van der Waals surface area contributed by atoms with E-state index < -0.39 is 6.10 Å². The van der Waals surface area contributed by atoms with Crippen LogP contribution in [0.25, 0.3) is 11.2 Å². The Morgan fingerprint density at radius 1 is 1.21 bits per heavy atom. The van der Waals surface area contributed by atoms with E-state index in [9.17, 15) is 5.11 Å². The van der Waals surface area contributed by atoms with E-state index in [2.05, 4.69) is 24.9 Å². The number of aliphatic hydroxyl groups excluding tert-OH is 1. The van der Waals surface area contributed by atoms with Crippen LogP contribution in [0.5, 0.6) is 0 Å². The van der Waals surface area contributed by atoms with Crippen LogP contribution in [0, 0.1) is 0 Å². The zero-order valence-corrected chi connectivity index (χ0v) is 10.9. The molecule has 6 nitrogen and oxygen atoms in total. The van der Waals surface area contributed by atoms with Crippen LogP contribution in [0.4, 0.5) is 0 Å². The summed E-state index contributed by atoms with van der Waals surface area (Å²) in [6.45, 7) is 1.71. The molecule has 3 aromatic rings. The van der Waals surface area contributed by atoms with E-state index in [1.165, 1.54) is 18.1 Å². The van der Waals surface area contributed by atoms with Crippen molar-refractivity contribution in [2.45, 2.75) is 23.1 Å². The number of hydrogen-bond donors (Lipinski definition) is 2. The molecule has 3 heterocycles. The molecule has 19 heavy (non-hydrogen) atoms. The van der Waals surface area contributed by atoms with Crippen LogP contribution in [0.1, 0.15) is 18.6 Å². The first-order valence-corrected chi connectivity index (χ1v) is 6.51. The van der Waals surface area contributed by atoms with Crippen molar-refractivity contribution in [1.29, 1.82) is 0 Å².